The molecule has 0 amide bonds. The second-order valence-electron chi connectivity index (χ2n) is 7.58. The average Bonchev–Trinajstić information content (AvgIpc) is 2.96. The maximum Gasteiger partial charge on any atom is 0.163 e. The third kappa shape index (κ3) is 5.96. The van der Waals surface area contributed by atoms with Gasteiger partial charge in [-0.2, -0.15) is 0 Å². The fourth-order valence-electron chi connectivity index (χ4n) is 2.96. The van der Waals surface area contributed by atoms with Crippen molar-refractivity contribution in [3.63, 3.8) is 0 Å². The largest absolute Gasteiger partial charge is 0.373 e. The predicted octanol–water partition coefficient (Wildman–Crippen LogP) is 2.02. The van der Waals surface area contributed by atoms with Crippen molar-refractivity contribution in [3.05, 3.63) is 0 Å². The Morgan fingerprint density at radius 3 is 1.87 bits per heavy atom. The van der Waals surface area contributed by atoms with Crippen LogP contribution in [0.15, 0.2) is 0 Å². The number of ether oxygens (including phenoxy) is 5. The molecule has 2 aliphatic rings. The third-order valence-electron chi connectivity index (χ3n) is 4.10. The van der Waals surface area contributed by atoms with Crippen molar-refractivity contribution in [2.45, 2.75) is 70.4 Å². The maximum absolute atomic E-state index is 6.15. The van der Waals surface area contributed by atoms with Crippen LogP contribution in [0.3, 0.4) is 0 Å². The number of hydrogen-bond acceptors (Lipinski definition) is 6. The quantitative estimate of drug-likeness (QED) is 0.634. The van der Waals surface area contributed by atoms with Crippen LogP contribution < -0.4 is 0 Å². The zero-order valence-corrected chi connectivity index (χ0v) is 15.5. The number of nitrogens with zero attached hydrogens (tertiary/aromatic N) is 1. The molecule has 0 N–H and O–H groups in total. The fraction of sp³-hybridized carbons (Fsp3) is 1.00. The average molecular weight is 331 g/mol. The molecular weight excluding hydrogens is 298 g/mol. The van der Waals surface area contributed by atoms with Gasteiger partial charge in [0.15, 0.2) is 11.6 Å². The van der Waals surface area contributed by atoms with E-state index in [9.17, 15) is 0 Å². The molecule has 0 bridgehead atoms. The van der Waals surface area contributed by atoms with Crippen LogP contribution in [-0.4, -0.2) is 75.2 Å². The summed E-state index contributed by atoms with van der Waals surface area (Å²) in [5.74, 6) is -1.13. The Hall–Kier alpha value is -0.240. The van der Waals surface area contributed by atoms with E-state index in [2.05, 4.69) is 19.0 Å². The van der Waals surface area contributed by atoms with Gasteiger partial charge in [0.2, 0.25) is 0 Å². The topological polar surface area (TPSA) is 49.4 Å². The predicted molar refractivity (Wildman–Crippen MR) is 87.3 cm³/mol. The van der Waals surface area contributed by atoms with Gasteiger partial charge in [-0.25, -0.2) is 0 Å². The molecule has 0 spiro atoms. The third-order valence-corrected chi connectivity index (χ3v) is 4.10. The minimum absolute atomic E-state index is 0.124. The molecule has 0 saturated carbocycles. The lowest BCUT2D eigenvalue weighted by atomic mass is 10.1. The normalized spacial score (nSPS) is 30.9. The first-order valence-corrected chi connectivity index (χ1v) is 8.58. The van der Waals surface area contributed by atoms with Gasteiger partial charge in [0.05, 0.1) is 13.2 Å². The van der Waals surface area contributed by atoms with Crippen molar-refractivity contribution in [2.75, 3.05) is 40.5 Å². The molecule has 2 atom stereocenters. The van der Waals surface area contributed by atoms with Crippen molar-refractivity contribution in [2.24, 2.45) is 0 Å². The molecule has 6 heteroatoms. The van der Waals surface area contributed by atoms with Crippen LogP contribution in [0.5, 0.6) is 0 Å². The van der Waals surface area contributed by atoms with E-state index in [4.69, 9.17) is 23.7 Å². The Kier molecular flexibility index (Phi) is 6.44. The molecule has 2 fully saturated rings. The van der Waals surface area contributed by atoms with Crippen molar-refractivity contribution >= 4 is 0 Å². The highest BCUT2D eigenvalue weighted by atomic mass is 16.8. The van der Waals surface area contributed by atoms with Crippen LogP contribution in [0.25, 0.3) is 0 Å². The first kappa shape index (κ1) is 19.1. The van der Waals surface area contributed by atoms with E-state index in [0.29, 0.717) is 19.8 Å². The van der Waals surface area contributed by atoms with Crippen molar-refractivity contribution in [3.8, 4) is 0 Å². The summed E-state index contributed by atoms with van der Waals surface area (Å²) in [6.07, 6.45) is 1.71. The van der Waals surface area contributed by atoms with Crippen LogP contribution in [0.1, 0.15) is 40.5 Å². The van der Waals surface area contributed by atoms with Gasteiger partial charge in [0, 0.05) is 6.61 Å². The first-order chi connectivity index (χ1) is 10.7. The highest BCUT2D eigenvalue weighted by Crippen LogP contribution is 2.32. The Balaban J connectivity index is 1.87. The van der Waals surface area contributed by atoms with E-state index in [-0.39, 0.29) is 18.3 Å². The number of unbranched alkanes of at least 4 members (excludes halogenated alkanes) is 1. The minimum Gasteiger partial charge on any atom is -0.373 e. The summed E-state index contributed by atoms with van der Waals surface area (Å²) < 4.78 is 29.5. The standard InChI is InChI=1S/C17H33NO5/c1-16(2)20-11-13(22-16)15(14-12-21-17(3,4)23-14)19-10-8-7-9-18(5)6/h13-15H,7-12H2,1-6H3. The van der Waals surface area contributed by atoms with Gasteiger partial charge in [-0.1, -0.05) is 0 Å². The molecule has 0 aromatic heterocycles. The lowest BCUT2D eigenvalue weighted by Crippen LogP contribution is -2.44. The molecule has 136 valence electrons. The van der Waals surface area contributed by atoms with E-state index >= 15 is 0 Å². The zero-order chi connectivity index (χ0) is 17.1. The van der Waals surface area contributed by atoms with E-state index < -0.39 is 11.6 Å². The highest BCUT2D eigenvalue weighted by Gasteiger charge is 2.46. The summed E-state index contributed by atoms with van der Waals surface area (Å²) in [7, 11) is 4.17. The maximum atomic E-state index is 6.15. The van der Waals surface area contributed by atoms with E-state index in [0.717, 1.165) is 19.4 Å². The Morgan fingerprint density at radius 2 is 1.48 bits per heavy atom. The molecule has 0 aromatic rings. The summed E-state index contributed by atoms with van der Waals surface area (Å²) in [4.78, 5) is 2.18. The van der Waals surface area contributed by atoms with Crippen LogP contribution in [0, 0.1) is 0 Å². The molecular formula is C17H33NO5. The molecule has 0 aliphatic carbocycles. The van der Waals surface area contributed by atoms with Gasteiger partial charge in [0.1, 0.15) is 18.3 Å². The monoisotopic (exact) mass is 331 g/mol. The molecule has 2 unspecified atom stereocenters. The molecule has 2 heterocycles. The van der Waals surface area contributed by atoms with Gasteiger partial charge in [0.25, 0.3) is 0 Å². The first-order valence-electron chi connectivity index (χ1n) is 8.58. The summed E-state index contributed by atoms with van der Waals surface area (Å²) in [6.45, 7) is 10.5. The lowest BCUT2D eigenvalue weighted by molar-refractivity contribution is -0.188. The number of rotatable bonds is 8. The molecule has 6 nitrogen and oxygen atoms in total. The lowest BCUT2D eigenvalue weighted by Gasteiger charge is -2.29. The molecule has 2 aliphatic heterocycles. The van der Waals surface area contributed by atoms with Crippen LogP contribution in [0.2, 0.25) is 0 Å². The summed E-state index contributed by atoms with van der Waals surface area (Å²) in [6, 6.07) is 0. The minimum atomic E-state index is -0.563. The molecule has 23 heavy (non-hydrogen) atoms. The smallest absolute Gasteiger partial charge is 0.163 e. The molecule has 2 saturated heterocycles. The summed E-state index contributed by atoms with van der Waals surface area (Å²) in [5, 5.41) is 0. The van der Waals surface area contributed by atoms with E-state index in [1.54, 1.807) is 0 Å². The molecule has 2 rings (SSSR count). The Morgan fingerprint density at radius 1 is 0.957 bits per heavy atom. The Labute approximate surface area is 140 Å². The molecule has 0 aromatic carbocycles. The van der Waals surface area contributed by atoms with Crippen molar-refractivity contribution in [1.82, 2.24) is 4.90 Å². The fourth-order valence-corrected chi connectivity index (χ4v) is 2.96. The summed E-state index contributed by atoms with van der Waals surface area (Å²) in [5.41, 5.74) is 0. The van der Waals surface area contributed by atoms with Gasteiger partial charge >= 0.3 is 0 Å². The second kappa shape index (κ2) is 7.76. The van der Waals surface area contributed by atoms with E-state index in [1.807, 2.05) is 27.7 Å². The second-order valence-corrected chi connectivity index (χ2v) is 7.58. The molecule has 0 radical (unpaired) electrons. The van der Waals surface area contributed by atoms with E-state index in [1.165, 1.54) is 0 Å². The van der Waals surface area contributed by atoms with Crippen LogP contribution in [-0.2, 0) is 23.7 Å². The van der Waals surface area contributed by atoms with Crippen molar-refractivity contribution in [1.29, 1.82) is 0 Å². The number of hydrogen-bond donors (Lipinski definition) is 0. The van der Waals surface area contributed by atoms with Gasteiger partial charge in [-0.05, 0) is 61.2 Å². The summed E-state index contributed by atoms with van der Waals surface area (Å²) >= 11 is 0. The van der Waals surface area contributed by atoms with Gasteiger partial charge < -0.3 is 28.6 Å². The van der Waals surface area contributed by atoms with Gasteiger partial charge in [-0.3, -0.25) is 0 Å². The van der Waals surface area contributed by atoms with Crippen LogP contribution >= 0.6 is 0 Å². The van der Waals surface area contributed by atoms with Crippen molar-refractivity contribution < 1.29 is 23.7 Å². The Bertz CT molecular complexity index is 346. The SMILES string of the molecule is CN(C)CCCCOC(C1COC(C)(C)O1)C1COC(C)(C)O1. The van der Waals surface area contributed by atoms with Crippen LogP contribution in [0.4, 0.5) is 0 Å². The zero-order valence-electron chi connectivity index (χ0n) is 15.5. The highest BCUT2D eigenvalue weighted by molar-refractivity contribution is 4.88. The van der Waals surface area contributed by atoms with Gasteiger partial charge in [-0.15, -0.1) is 0 Å².